The van der Waals surface area contributed by atoms with Gasteiger partial charge in [0.1, 0.15) is 11.6 Å². The van der Waals surface area contributed by atoms with E-state index >= 15 is 0 Å². The number of anilines is 1. The number of ether oxygens (including phenoxy) is 1. The van der Waals surface area contributed by atoms with Crippen molar-refractivity contribution in [2.45, 2.75) is 0 Å². The summed E-state index contributed by atoms with van der Waals surface area (Å²) in [5.74, 6) is 1.41. The number of hydrogen-bond acceptors (Lipinski definition) is 4. The first-order valence-corrected chi connectivity index (χ1v) is 5.52. The van der Waals surface area contributed by atoms with Gasteiger partial charge in [-0.1, -0.05) is 0 Å². The van der Waals surface area contributed by atoms with Gasteiger partial charge in [0.2, 0.25) is 0 Å². The van der Waals surface area contributed by atoms with E-state index in [1.54, 1.807) is 13.3 Å². The Labute approximate surface area is 104 Å². The first-order chi connectivity index (χ1) is 8.78. The largest absolute Gasteiger partial charge is 0.495 e. The number of aromatic nitrogens is 3. The van der Waals surface area contributed by atoms with E-state index in [1.807, 2.05) is 30.3 Å². The Morgan fingerprint density at radius 3 is 2.89 bits per heavy atom. The maximum Gasteiger partial charge on any atom is 0.178 e. The Kier molecular flexibility index (Phi) is 2.37. The van der Waals surface area contributed by atoms with Crippen molar-refractivity contribution in [2.24, 2.45) is 0 Å². The summed E-state index contributed by atoms with van der Waals surface area (Å²) in [6.45, 7) is 0. The first-order valence-electron chi connectivity index (χ1n) is 5.52. The Morgan fingerprint density at radius 2 is 2.17 bits per heavy atom. The lowest BCUT2D eigenvalue weighted by Crippen LogP contribution is -1.93. The zero-order chi connectivity index (χ0) is 12.5. The topological polar surface area (TPSA) is 76.8 Å². The Hall–Kier alpha value is -2.56. The van der Waals surface area contributed by atoms with Crippen molar-refractivity contribution >= 4 is 16.9 Å². The SMILES string of the molecule is COc1ccc(-c2nc3ncccc3[nH]2)cc1N. The van der Waals surface area contributed by atoms with Crippen molar-refractivity contribution < 1.29 is 4.74 Å². The molecule has 0 radical (unpaired) electrons. The third kappa shape index (κ3) is 1.66. The molecule has 18 heavy (non-hydrogen) atoms. The zero-order valence-corrected chi connectivity index (χ0v) is 9.84. The van der Waals surface area contributed by atoms with Gasteiger partial charge in [-0.2, -0.15) is 0 Å². The summed E-state index contributed by atoms with van der Waals surface area (Å²) in [4.78, 5) is 11.8. The molecule has 0 amide bonds. The van der Waals surface area contributed by atoms with Crippen LogP contribution in [-0.2, 0) is 0 Å². The molecule has 5 heteroatoms. The molecule has 2 heterocycles. The average Bonchev–Trinajstić information content (AvgIpc) is 2.82. The summed E-state index contributed by atoms with van der Waals surface area (Å²) in [5.41, 5.74) is 8.98. The van der Waals surface area contributed by atoms with Crippen LogP contribution in [0.3, 0.4) is 0 Å². The third-order valence-electron chi connectivity index (χ3n) is 2.76. The minimum absolute atomic E-state index is 0.586. The summed E-state index contributed by atoms with van der Waals surface area (Å²) in [6, 6.07) is 9.37. The molecular formula is C13H12N4O. The number of H-pyrrole nitrogens is 1. The highest BCUT2D eigenvalue weighted by Gasteiger charge is 2.07. The maximum atomic E-state index is 5.88. The smallest absolute Gasteiger partial charge is 0.178 e. The van der Waals surface area contributed by atoms with Crippen LogP contribution in [0.1, 0.15) is 0 Å². The summed E-state index contributed by atoms with van der Waals surface area (Å²) >= 11 is 0. The van der Waals surface area contributed by atoms with Gasteiger partial charge in [0, 0.05) is 11.8 Å². The number of imidazole rings is 1. The number of aromatic amines is 1. The second-order valence-corrected chi connectivity index (χ2v) is 3.92. The number of nitrogens with two attached hydrogens (primary N) is 1. The molecule has 0 saturated heterocycles. The van der Waals surface area contributed by atoms with Gasteiger partial charge in [0.15, 0.2) is 5.65 Å². The molecule has 0 spiro atoms. The van der Waals surface area contributed by atoms with Crippen LogP contribution in [0, 0.1) is 0 Å². The van der Waals surface area contributed by atoms with Crippen LogP contribution in [0.15, 0.2) is 36.5 Å². The van der Waals surface area contributed by atoms with Crippen LogP contribution in [0.25, 0.3) is 22.6 Å². The molecule has 0 bridgehead atoms. The van der Waals surface area contributed by atoms with Crippen molar-refractivity contribution in [3.63, 3.8) is 0 Å². The van der Waals surface area contributed by atoms with Gasteiger partial charge >= 0.3 is 0 Å². The molecule has 3 N–H and O–H groups in total. The molecule has 0 aliphatic carbocycles. The highest BCUT2D eigenvalue weighted by Crippen LogP contribution is 2.27. The van der Waals surface area contributed by atoms with Crippen molar-refractivity contribution in [3.05, 3.63) is 36.5 Å². The lowest BCUT2D eigenvalue weighted by atomic mass is 10.2. The van der Waals surface area contributed by atoms with Gasteiger partial charge in [-0.25, -0.2) is 9.97 Å². The van der Waals surface area contributed by atoms with Crippen LogP contribution in [0.2, 0.25) is 0 Å². The minimum atomic E-state index is 0.586. The van der Waals surface area contributed by atoms with E-state index < -0.39 is 0 Å². The van der Waals surface area contributed by atoms with Gasteiger partial charge in [0.05, 0.1) is 18.3 Å². The predicted molar refractivity (Wildman–Crippen MR) is 70.3 cm³/mol. The number of nitrogens with one attached hydrogen (secondary N) is 1. The molecule has 90 valence electrons. The summed E-state index contributed by atoms with van der Waals surface area (Å²) < 4.78 is 5.13. The second kappa shape index (κ2) is 4.03. The van der Waals surface area contributed by atoms with Crippen LogP contribution in [0.4, 0.5) is 5.69 Å². The van der Waals surface area contributed by atoms with Crippen LogP contribution < -0.4 is 10.5 Å². The number of nitrogen functional groups attached to an aromatic ring is 1. The first kappa shape index (κ1) is 10.6. The summed E-state index contributed by atoms with van der Waals surface area (Å²) in [6.07, 6.45) is 1.72. The summed E-state index contributed by atoms with van der Waals surface area (Å²) in [5, 5.41) is 0. The predicted octanol–water partition coefficient (Wildman–Crippen LogP) is 2.22. The molecule has 0 aliphatic heterocycles. The number of rotatable bonds is 2. The molecule has 2 aromatic heterocycles. The van der Waals surface area contributed by atoms with Gasteiger partial charge < -0.3 is 15.5 Å². The van der Waals surface area contributed by atoms with E-state index in [4.69, 9.17) is 10.5 Å². The molecule has 0 saturated carbocycles. The molecule has 3 aromatic rings. The fourth-order valence-electron chi connectivity index (χ4n) is 1.86. The molecule has 0 unspecified atom stereocenters. The lowest BCUT2D eigenvalue weighted by molar-refractivity contribution is 0.417. The molecule has 0 atom stereocenters. The maximum absolute atomic E-state index is 5.88. The number of methoxy groups -OCH3 is 1. The van der Waals surface area contributed by atoms with Gasteiger partial charge in [-0.05, 0) is 30.3 Å². The summed E-state index contributed by atoms with van der Waals surface area (Å²) in [7, 11) is 1.59. The van der Waals surface area contributed by atoms with E-state index in [9.17, 15) is 0 Å². The number of hydrogen-bond donors (Lipinski definition) is 2. The molecule has 5 nitrogen and oxygen atoms in total. The standard InChI is InChI=1S/C13H12N4O/c1-18-11-5-4-8(7-9(11)14)12-16-10-3-2-6-15-13(10)17-12/h2-7H,14H2,1H3,(H,15,16,17). The van der Waals surface area contributed by atoms with E-state index in [0.29, 0.717) is 17.1 Å². The molecule has 0 aliphatic rings. The molecular weight excluding hydrogens is 228 g/mol. The van der Waals surface area contributed by atoms with Crippen molar-refractivity contribution in [1.29, 1.82) is 0 Å². The third-order valence-corrected chi connectivity index (χ3v) is 2.76. The highest BCUT2D eigenvalue weighted by atomic mass is 16.5. The van der Waals surface area contributed by atoms with Crippen LogP contribution in [-0.4, -0.2) is 22.1 Å². The van der Waals surface area contributed by atoms with E-state index in [-0.39, 0.29) is 0 Å². The molecule has 1 aromatic carbocycles. The Bertz CT molecular complexity index is 672. The Morgan fingerprint density at radius 1 is 1.28 bits per heavy atom. The molecule has 0 fully saturated rings. The van der Waals surface area contributed by atoms with E-state index in [0.717, 1.165) is 16.9 Å². The van der Waals surface area contributed by atoms with Crippen LogP contribution >= 0.6 is 0 Å². The number of nitrogens with zero attached hydrogens (tertiary/aromatic N) is 2. The number of benzene rings is 1. The number of pyridine rings is 1. The lowest BCUT2D eigenvalue weighted by Gasteiger charge is -2.05. The van der Waals surface area contributed by atoms with Gasteiger partial charge in [-0.15, -0.1) is 0 Å². The van der Waals surface area contributed by atoms with Crippen molar-refractivity contribution in [1.82, 2.24) is 15.0 Å². The van der Waals surface area contributed by atoms with Gasteiger partial charge in [-0.3, -0.25) is 0 Å². The fraction of sp³-hybridized carbons (Fsp3) is 0.0769. The zero-order valence-electron chi connectivity index (χ0n) is 9.84. The number of fused-ring (bicyclic) bond motifs is 1. The quantitative estimate of drug-likeness (QED) is 0.673. The van der Waals surface area contributed by atoms with Crippen LogP contribution in [0.5, 0.6) is 5.75 Å². The van der Waals surface area contributed by atoms with Crippen molar-refractivity contribution in [2.75, 3.05) is 12.8 Å². The molecule has 3 rings (SSSR count). The minimum Gasteiger partial charge on any atom is -0.495 e. The highest BCUT2D eigenvalue weighted by molar-refractivity contribution is 5.77. The monoisotopic (exact) mass is 240 g/mol. The van der Waals surface area contributed by atoms with E-state index in [1.165, 1.54) is 0 Å². The Balaban J connectivity index is 2.11. The fourth-order valence-corrected chi connectivity index (χ4v) is 1.86. The van der Waals surface area contributed by atoms with Crippen molar-refractivity contribution in [3.8, 4) is 17.1 Å². The van der Waals surface area contributed by atoms with Gasteiger partial charge in [0.25, 0.3) is 0 Å². The normalized spacial score (nSPS) is 10.7. The van der Waals surface area contributed by atoms with E-state index in [2.05, 4.69) is 15.0 Å². The average molecular weight is 240 g/mol. The second-order valence-electron chi connectivity index (χ2n) is 3.92.